The van der Waals surface area contributed by atoms with Crippen LogP contribution in [0.2, 0.25) is 0 Å². The van der Waals surface area contributed by atoms with Crippen LogP contribution in [0.1, 0.15) is 6.92 Å². The molecule has 2 aliphatic rings. The van der Waals surface area contributed by atoms with Gasteiger partial charge in [0.1, 0.15) is 25.7 Å². The van der Waals surface area contributed by atoms with Crippen molar-refractivity contribution in [2.24, 2.45) is 0 Å². The highest BCUT2D eigenvalue weighted by Crippen LogP contribution is 2.44. The summed E-state index contributed by atoms with van der Waals surface area (Å²) in [5.74, 6) is 0. The van der Waals surface area contributed by atoms with Gasteiger partial charge in [0.2, 0.25) is 0 Å². The van der Waals surface area contributed by atoms with Gasteiger partial charge in [-0.25, -0.2) is 0 Å². The molecule has 5 atom stereocenters. The molecule has 0 spiro atoms. The van der Waals surface area contributed by atoms with Gasteiger partial charge in [-0.2, -0.15) is 0 Å². The lowest BCUT2D eigenvalue weighted by molar-refractivity contribution is -0.144. The topological polar surface area (TPSA) is 38.7 Å². The van der Waals surface area contributed by atoms with Crippen molar-refractivity contribution in [3.05, 3.63) is 0 Å². The molecule has 0 aliphatic carbocycles. The number of hydrogen-bond donors (Lipinski definition) is 1. The largest absolute Gasteiger partial charge is 0.387 e. The van der Waals surface area contributed by atoms with Crippen molar-refractivity contribution in [3.8, 4) is 0 Å². The fraction of sp³-hybridized carbons (Fsp3) is 1.00. The summed E-state index contributed by atoms with van der Waals surface area (Å²) < 4.78 is 11.7. The minimum atomic E-state index is -0.570. The molecule has 1 N–H and O–H groups in total. The van der Waals surface area contributed by atoms with E-state index in [2.05, 4.69) is 22.6 Å². The quantitative estimate of drug-likeness (QED) is 0.412. The second-order valence-electron chi connectivity index (χ2n) is 3.36. The zero-order valence-corrected chi connectivity index (χ0v) is 8.89. The summed E-state index contributed by atoms with van der Waals surface area (Å²) in [7, 11) is 5.62. The molecule has 66 valence electrons. The zero-order valence-electron chi connectivity index (χ0n) is 6.74. The maximum Gasteiger partial charge on any atom is 0.131 e. The van der Waals surface area contributed by atoms with E-state index in [4.69, 9.17) is 17.3 Å². The van der Waals surface area contributed by atoms with Crippen LogP contribution in [0, 0.1) is 0 Å². The Morgan fingerprint density at radius 1 is 1.67 bits per heavy atom. The molecule has 2 rings (SSSR count). The lowest BCUT2D eigenvalue weighted by Crippen LogP contribution is -2.48. The van der Waals surface area contributed by atoms with Gasteiger partial charge in [-0.05, 0) is 6.92 Å². The molecule has 0 aromatic carbocycles. The number of hydrogen-bond acceptors (Lipinski definition) is 3. The SMILES string of the molecule is [B][C@@H]1O[C@@]2(CI)C(C)OC1C2O. The molecule has 2 aliphatic heterocycles. The van der Waals surface area contributed by atoms with Crippen LogP contribution in [0.15, 0.2) is 0 Å². The van der Waals surface area contributed by atoms with Crippen LogP contribution in [-0.4, -0.2) is 47.3 Å². The highest BCUT2D eigenvalue weighted by molar-refractivity contribution is 14.1. The molecule has 2 fully saturated rings. The van der Waals surface area contributed by atoms with Crippen molar-refractivity contribution in [2.45, 2.75) is 36.8 Å². The smallest absolute Gasteiger partial charge is 0.131 e. The summed E-state index contributed by atoms with van der Waals surface area (Å²) in [5, 5.41) is 9.79. The minimum Gasteiger partial charge on any atom is -0.387 e. The highest BCUT2D eigenvalue weighted by atomic mass is 127. The second kappa shape index (κ2) is 2.83. The van der Waals surface area contributed by atoms with Gasteiger partial charge in [0.15, 0.2) is 0 Å². The third kappa shape index (κ3) is 0.936. The molecule has 2 heterocycles. The van der Waals surface area contributed by atoms with Gasteiger partial charge < -0.3 is 14.6 Å². The first-order valence-corrected chi connectivity index (χ1v) is 5.47. The van der Waals surface area contributed by atoms with E-state index >= 15 is 0 Å². The predicted molar refractivity (Wildman–Crippen MR) is 52.6 cm³/mol. The van der Waals surface area contributed by atoms with Gasteiger partial charge in [0.25, 0.3) is 0 Å². The van der Waals surface area contributed by atoms with Crippen molar-refractivity contribution in [1.29, 1.82) is 0 Å². The second-order valence-corrected chi connectivity index (χ2v) is 4.12. The highest BCUT2D eigenvalue weighted by Gasteiger charge is 2.62. The Hall–Kier alpha value is 0.675. The van der Waals surface area contributed by atoms with E-state index in [1.165, 1.54) is 0 Å². The molecular formula is C7H10BIO3. The summed E-state index contributed by atoms with van der Waals surface area (Å²) in [5.41, 5.74) is -0.565. The average molecular weight is 280 g/mol. The summed E-state index contributed by atoms with van der Waals surface area (Å²) in [4.78, 5) is 0. The van der Waals surface area contributed by atoms with Gasteiger partial charge >= 0.3 is 0 Å². The lowest BCUT2D eigenvalue weighted by Gasteiger charge is -2.33. The normalized spacial score (nSPS) is 57.9. The third-order valence-corrected chi connectivity index (χ3v) is 3.94. The van der Waals surface area contributed by atoms with Gasteiger partial charge in [0.05, 0.1) is 6.10 Å². The Kier molecular flexibility index (Phi) is 2.18. The number of fused-ring (bicyclic) bond motifs is 2. The molecule has 0 saturated carbocycles. The Labute approximate surface area is 86.4 Å². The van der Waals surface area contributed by atoms with Crippen LogP contribution in [0.5, 0.6) is 0 Å². The first-order valence-electron chi connectivity index (χ1n) is 3.94. The standard InChI is InChI=1S/C7H10BIO3/c1-3-7(2-9)5(10)4(11-3)6(8)12-7/h3-6,10H,2H2,1H3/t3?,4?,5?,6-,7+/m1/s1. The number of aliphatic hydroxyl groups is 1. The minimum absolute atomic E-state index is 0.0609. The molecule has 0 aromatic heterocycles. The van der Waals surface area contributed by atoms with Crippen molar-refractivity contribution in [3.63, 3.8) is 0 Å². The molecule has 0 amide bonds. The maximum absolute atomic E-state index is 9.79. The number of aliphatic hydroxyl groups excluding tert-OH is 1. The molecule has 12 heavy (non-hydrogen) atoms. The van der Waals surface area contributed by atoms with Crippen LogP contribution in [0.4, 0.5) is 0 Å². The van der Waals surface area contributed by atoms with Crippen LogP contribution in [-0.2, 0) is 9.47 Å². The molecule has 3 unspecified atom stereocenters. The fourth-order valence-electron chi connectivity index (χ4n) is 1.91. The van der Waals surface area contributed by atoms with Crippen molar-refractivity contribution in [2.75, 3.05) is 4.43 Å². The Balaban J connectivity index is 2.30. The van der Waals surface area contributed by atoms with Gasteiger partial charge in [0, 0.05) is 10.4 Å². The van der Waals surface area contributed by atoms with Crippen molar-refractivity contribution >= 4 is 30.4 Å². The molecular weight excluding hydrogens is 270 g/mol. The van der Waals surface area contributed by atoms with Crippen LogP contribution >= 0.6 is 22.6 Å². The Bertz CT molecular complexity index is 203. The first kappa shape index (κ1) is 9.24. The predicted octanol–water partition coefficient (Wildman–Crippen LogP) is -0.167. The van der Waals surface area contributed by atoms with Gasteiger partial charge in [-0.3, -0.25) is 0 Å². The van der Waals surface area contributed by atoms with Crippen LogP contribution in [0.3, 0.4) is 0 Å². The number of halogens is 1. The average Bonchev–Trinajstić information content (AvgIpc) is 2.41. The van der Waals surface area contributed by atoms with Crippen molar-refractivity contribution in [1.82, 2.24) is 0 Å². The maximum atomic E-state index is 9.79. The number of rotatable bonds is 1. The lowest BCUT2D eigenvalue weighted by atomic mass is 9.91. The summed E-state index contributed by atoms with van der Waals surface area (Å²) in [6, 6.07) is -0.467. The van der Waals surface area contributed by atoms with E-state index in [1.807, 2.05) is 6.92 Å². The number of ether oxygens (including phenoxy) is 2. The summed E-state index contributed by atoms with van der Waals surface area (Å²) >= 11 is 2.19. The van der Waals surface area contributed by atoms with Gasteiger partial charge in [-0.15, -0.1) is 0 Å². The van der Waals surface area contributed by atoms with E-state index in [0.29, 0.717) is 4.43 Å². The van der Waals surface area contributed by atoms with E-state index in [1.54, 1.807) is 0 Å². The zero-order chi connectivity index (χ0) is 8.93. The molecule has 2 radical (unpaired) electrons. The first-order chi connectivity index (χ1) is 5.62. The molecule has 3 nitrogen and oxygen atoms in total. The molecule has 5 heteroatoms. The molecule has 2 bridgehead atoms. The van der Waals surface area contributed by atoms with E-state index in [9.17, 15) is 5.11 Å². The molecule has 0 aromatic rings. The van der Waals surface area contributed by atoms with Crippen LogP contribution < -0.4 is 0 Å². The van der Waals surface area contributed by atoms with Gasteiger partial charge in [-0.1, -0.05) is 22.6 Å². The molecule has 2 saturated heterocycles. The number of alkyl halides is 1. The summed E-state index contributed by atoms with van der Waals surface area (Å²) in [6.07, 6.45) is -0.969. The Morgan fingerprint density at radius 3 is 2.67 bits per heavy atom. The third-order valence-electron chi connectivity index (χ3n) is 2.75. The van der Waals surface area contributed by atoms with E-state index in [0.717, 1.165) is 0 Å². The Morgan fingerprint density at radius 2 is 2.33 bits per heavy atom. The summed E-state index contributed by atoms with van der Waals surface area (Å²) in [6.45, 7) is 1.91. The van der Waals surface area contributed by atoms with E-state index < -0.39 is 17.7 Å². The van der Waals surface area contributed by atoms with E-state index in [-0.39, 0.29) is 12.2 Å². The van der Waals surface area contributed by atoms with Crippen LogP contribution in [0.25, 0.3) is 0 Å². The fourth-order valence-corrected chi connectivity index (χ4v) is 3.16. The monoisotopic (exact) mass is 280 g/mol. The van der Waals surface area contributed by atoms with Crippen molar-refractivity contribution < 1.29 is 14.6 Å².